The van der Waals surface area contributed by atoms with Gasteiger partial charge in [-0.3, -0.25) is 0 Å². The maximum Gasteiger partial charge on any atom is 0.144 e. The highest BCUT2D eigenvalue weighted by atomic mass is 79.9. The first kappa shape index (κ1) is 11.4. The molecule has 1 aromatic heterocycles. The Bertz CT molecular complexity index is 359. The van der Waals surface area contributed by atoms with E-state index in [0.717, 1.165) is 34.1 Å². The number of aliphatic hydroxyl groups excluding tert-OH is 1. The van der Waals surface area contributed by atoms with Crippen molar-refractivity contribution in [1.29, 1.82) is 0 Å². The first-order valence-electron chi connectivity index (χ1n) is 4.91. The van der Waals surface area contributed by atoms with Gasteiger partial charge in [0.05, 0.1) is 10.6 Å². The van der Waals surface area contributed by atoms with Crippen molar-refractivity contribution in [3.8, 4) is 0 Å². The van der Waals surface area contributed by atoms with Crippen LogP contribution < -0.4 is 4.90 Å². The molecule has 82 valence electrons. The molecular formula is C10H12Br2N2O. The van der Waals surface area contributed by atoms with E-state index in [1.807, 2.05) is 6.07 Å². The van der Waals surface area contributed by atoms with Crippen LogP contribution in [0.4, 0.5) is 5.82 Å². The highest BCUT2D eigenvalue weighted by Crippen LogP contribution is 2.32. The van der Waals surface area contributed by atoms with Gasteiger partial charge in [-0.2, -0.15) is 0 Å². The van der Waals surface area contributed by atoms with Crippen LogP contribution in [0.2, 0.25) is 0 Å². The van der Waals surface area contributed by atoms with Crippen LogP contribution in [0.15, 0.2) is 21.2 Å². The fraction of sp³-hybridized carbons (Fsp3) is 0.500. The third-order valence-electron chi connectivity index (χ3n) is 2.52. The number of rotatable bonds is 1. The molecule has 0 aromatic carbocycles. The smallest absolute Gasteiger partial charge is 0.144 e. The molecule has 1 saturated heterocycles. The maximum atomic E-state index is 9.60. The van der Waals surface area contributed by atoms with E-state index in [2.05, 4.69) is 41.7 Å². The summed E-state index contributed by atoms with van der Waals surface area (Å²) >= 11 is 6.95. The molecule has 1 aliphatic rings. The number of β-amino-alcohol motifs (C(OH)–C–C–N with tert-alkyl or cyclic N) is 1. The summed E-state index contributed by atoms with van der Waals surface area (Å²) in [6, 6.07) is 1.90. The van der Waals surface area contributed by atoms with Crippen molar-refractivity contribution < 1.29 is 5.11 Å². The molecule has 0 saturated carbocycles. The van der Waals surface area contributed by atoms with Crippen LogP contribution in [0.25, 0.3) is 0 Å². The summed E-state index contributed by atoms with van der Waals surface area (Å²) in [4.78, 5) is 6.45. The summed E-state index contributed by atoms with van der Waals surface area (Å²) in [5, 5.41) is 9.60. The molecule has 1 aromatic rings. The van der Waals surface area contributed by atoms with E-state index in [9.17, 15) is 5.11 Å². The van der Waals surface area contributed by atoms with Gasteiger partial charge in [0.1, 0.15) is 5.82 Å². The van der Waals surface area contributed by atoms with Gasteiger partial charge in [-0.05, 0) is 50.8 Å². The lowest BCUT2D eigenvalue weighted by Crippen LogP contribution is -2.38. The van der Waals surface area contributed by atoms with Crippen molar-refractivity contribution >= 4 is 37.7 Å². The minimum atomic E-state index is -0.230. The van der Waals surface area contributed by atoms with Crippen LogP contribution >= 0.6 is 31.9 Å². The third kappa shape index (κ3) is 2.52. The zero-order valence-electron chi connectivity index (χ0n) is 8.16. The normalized spacial score (nSPS) is 21.8. The highest BCUT2D eigenvalue weighted by Gasteiger charge is 2.21. The molecular weight excluding hydrogens is 324 g/mol. The number of halogens is 2. The van der Waals surface area contributed by atoms with E-state index >= 15 is 0 Å². The molecule has 1 aliphatic heterocycles. The van der Waals surface area contributed by atoms with E-state index in [4.69, 9.17) is 0 Å². The van der Waals surface area contributed by atoms with E-state index in [0.29, 0.717) is 6.54 Å². The number of aromatic nitrogens is 1. The summed E-state index contributed by atoms with van der Waals surface area (Å²) < 4.78 is 1.95. The molecule has 2 heterocycles. The summed E-state index contributed by atoms with van der Waals surface area (Å²) in [5.74, 6) is 0.906. The quantitative estimate of drug-likeness (QED) is 0.857. The SMILES string of the molecule is OC1CCCN(c2nccc(Br)c2Br)C1. The van der Waals surface area contributed by atoms with E-state index in [-0.39, 0.29) is 6.10 Å². The predicted octanol–water partition coefficient (Wildman–Crippen LogP) is 2.57. The lowest BCUT2D eigenvalue weighted by atomic mass is 10.1. The summed E-state index contributed by atoms with van der Waals surface area (Å²) in [6.45, 7) is 1.63. The standard InChI is InChI=1S/C10H12Br2N2O/c11-8-3-4-13-10(9(8)12)14-5-1-2-7(15)6-14/h3-4,7,15H,1-2,5-6H2. The van der Waals surface area contributed by atoms with Crippen molar-refractivity contribution in [1.82, 2.24) is 4.98 Å². The van der Waals surface area contributed by atoms with Gasteiger partial charge in [-0.15, -0.1) is 0 Å². The van der Waals surface area contributed by atoms with Gasteiger partial charge in [-0.1, -0.05) is 0 Å². The average Bonchev–Trinajstić information content (AvgIpc) is 2.22. The first-order chi connectivity index (χ1) is 7.18. The van der Waals surface area contributed by atoms with Crippen LogP contribution in [0.3, 0.4) is 0 Å². The minimum absolute atomic E-state index is 0.230. The molecule has 0 aliphatic carbocycles. The van der Waals surface area contributed by atoms with Gasteiger partial charge in [0, 0.05) is 23.8 Å². The fourth-order valence-electron chi connectivity index (χ4n) is 1.78. The summed E-state index contributed by atoms with van der Waals surface area (Å²) in [5.41, 5.74) is 0. The molecule has 1 N–H and O–H groups in total. The number of piperidine rings is 1. The second-order valence-electron chi connectivity index (χ2n) is 3.67. The Morgan fingerprint density at radius 3 is 3.00 bits per heavy atom. The molecule has 5 heteroatoms. The predicted molar refractivity (Wildman–Crippen MR) is 67.1 cm³/mol. The lowest BCUT2D eigenvalue weighted by Gasteiger charge is -2.31. The Balaban J connectivity index is 2.24. The van der Waals surface area contributed by atoms with Crippen molar-refractivity contribution in [3.63, 3.8) is 0 Å². The van der Waals surface area contributed by atoms with Gasteiger partial charge in [-0.25, -0.2) is 4.98 Å². The van der Waals surface area contributed by atoms with Gasteiger partial charge in [0.15, 0.2) is 0 Å². The molecule has 3 nitrogen and oxygen atoms in total. The Morgan fingerprint density at radius 2 is 2.27 bits per heavy atom. The molecule has 2 rings (SSSR count). The highest BCUT2D eigenvalue weighted by molar-refractivity contribution is 9.13. The zero-order chi connectivity index (χ0) is 10.8. The van der Waals surface area contributed by atoms with Crippen LogP contribution in [-0.2, 0) is 0 Å². The lowest BCUT2D eigenvalue weighted by molar-refractivity contribution is 0.154. The molecule has 0 bridgehead atoms. The van der Waals surface area contributed by atoms with Crippen molar-refractivity contribution in [2.24, 2.45) is 0 Å². The number of pyridine rings is 1. The van der Waals surface area contributed by atoms with E-state index in [1.165, 1.54) is 0 Å². The second-order valence-corrected chi connectivity index (χ2v) is 5.32. The first-order valence-corrected chi connectivity index (χ1v) is 6.50. The van der Waals surface area contributed by atoms with Crippen LogP contribution in [0.1, 0.15) is 12.8 Å². The monoisotopic (exact) mass is 334 g/mol. The van der Waals surface area contributed by atoms with Crippen molar-refractivity contribution in [3.05, 3.63) is 21.2 Å². The fourth-order valence-corrected chi connectivity index (χ4v) is 2.56. The van der Waals surface area contributed by atoms with Crippen molar-refractivity contribution in [2.45, 2.75) is 18.9 Å². The number of hydrogen-bond donors (Lipinski definition) is 1. The number of hydrogen-bond acceptors (Lipinski definition) is 3. The molecule has 0 spiro atoms. The zero-order valence-corrected chi connectivity index (χ0v) is 11.3. The van der Waals surface area contributed by atoms with Gasteiger partial charge in [0.25, 0.3) is 0 Å². The topological polar surface area (TPSA) is 36.4 Å². The average molecular weight is 336 g/mol. The van der Waals surface area contributed by atoms with Crippen LogP contribution in [-0.4, -0.2) is 29.3 Å². The Kier molecular flexibility index (Phi) is 3.64. The van der Waals surface area contributed by atoms with E-state index < -0.39 is 0 Å². The van der Waals surface area contributed by atoms with Gasteiger partial charge in [0.2, 0.25) is 0 Å². The third-order valence-corrected chi connectivity index (χ3v) is 4.49. The molecule has 0 radical (unpaired) electrons. The second kappa shape index (κ2) is 4.80. The van der Waals surface area contributed by atoms with Crippen LogP contribution in [0.5, 0.6) is 0 Å². The summed E-state index contributed by atoms with van der Waals surface area (Å²) in [7, 11) is 0. The van der Waals surface area contributed by atoms with E-state index in [1.54, 1.807) is 6.20 Å². The van der Waals surface area contributed by atoms with Crippen LogP contribution in [0, 0.1) is 0 Å². The van der Waals surface area contributed by atoms with Crippen molar-refractivity contribution in [2.75, 3.05) is 18.0 Å². The molecule has 1 atom stereocenters. The molecule has 15 heavy (non-hydrogen) atoms. The summed E-state index contributed by atoms with van der Waals surface area (Å²) in [6.07, 6.45) is 3.45. The number of nitrogens with zero attached hydrogens (tertiary/aromatic N) is 2. The maximum absolute atomic E-state index is 9.60. The van der Waals surface area contributed by atoms with Gasteiger partial charge < -0.3 is 10.0 Å². The minimum Gasteiger partial charge on any atom is -0.391 e. The Morgan fingerprint density at radius 1 is 1.47 bits per heavy atom. The van der Waals surface area contributed by atoms with Gasteiger partial charge >= 0.3 is 0 Å². The number of anilines is 1. The largest absolute Gasteiger partial charge is 0.391 e. The number of aliphatic hydroxyl groups is 1. The molecule has 1 fully saturated rings. The molecule has 0 amide bonds. The Hall–Kier alpha value is -0.130. The molecule has 1 unspecified atom stereocenters. The Labute approximate surface area is 106 Å².